The quantitative estimate of drug-likeness (QED) is 0.178. The summed E-state index contributed by atoms with van der Waals surface area (Å²) in [6, 6.07) is 0. The van der Waals surface area contributed by atoms with E-state index in [2.05, 4.69) is 20.2 Å². The Morgan fingerprint density at radius 2 is 1.29 bits per heavy atom. The van der Waals surface area contributed by atoms with E-state index in [0.29, 0.717) is 0 Å². The summed E-state index contributed by atoms with van der Waals surface area (Å²) in [5.74, 6) is 0. The van der Waals surface area contributed by atoms with Crippen molar-refractivity contribution in [3.05, 3.63) is 0 Å². The van der Waals surface area contributed by atoms with Crippen LogP contribution in [0, 0.1) is 0 Å². The van der Waals surface area contributed by atoms with Gasteiger partial charge in [0.15, 0.2) is 0 Å². The van der Waals surface area contributed by atoms with Gasteiger partial charge in [0, 0.05) is 0 Å². The second kappa shape index (κ2) is 9.90. The zero-order valence-electron chi connectivity index (χ0n) is 4.53. The fourth-order valence-electron chi connectivity index (χ4n) is 0.0248. The van der Waals surface area contributed by atoms with Gasteiger partial charge in [-0.3, -0.25) is 0 Å². The Morgan fingerprint density at radius 1 is 1.00 bits per heavy atom. The van der Waals surface area contributed by atoms with Gasteiger partial charge < -0.3 is 1.43 Å². The Kier molecular flexibility index (Phi) is 15.1. The molecule has 0 saturated heterocycles. The maximum absolute atomic E-state index is 7.16. The van der Waals surface area contributed by atoms with Gasteiger partial charge in [0.2, 0.25) is 0 Å². The molecular formula is H3NaO6. The van der Waals surface area contributed by atoms with Crippen LogP contribution >= 0.6 is 0 Å². The summed E-state index contributed by atoms with van der Waals surface area (Å²) in [7, 11) is 0. The summed E-state index contributed by atoms with van der Waals surface area (Å²) in [5.41, 5.74) is 0. The molecule has 0 atom stereocenters. The van der Waals surface area contributed by atoms with E-state index in [0.717, 1.165) is 0 Å². The molecule has 0 rings (SSSR count). The fourth-order valence-corrected chi connectivity index (χ4v) is 0.0248. The molecule has 2 N–H and O–H groups in total. The van der Waals surface area contributed by atoms with E-state index in [4.69, 9.17) is 10.5 Å². The number of hydrogen-bond donors (Lipinski definition) is 2. The standard InChI is InChI=1S/Na.H2O6.H/c;1-3-5-6-4-2;/h;1-2H;/q+1;;-1. The van der Waals surface area contributed by atoms with Gasteiger partial charge in [0.1, 0.15) is 0 Å². The Bertz CT molecular complexity index is 20.5. The summed E-state index contributed by atoms with van der Waals surface area (Å²) >= 11 is 0. The molecule has 0 saturated carbocycles. The molecule has 0 aliphatic heterocycles. The molecule has 0 aliphatic rings. The van der Waals surface area contributed by atoms with Crippen molar-refractivity contribution in [2.45, 2.75) is 0 Å². The van der Waals surface area contributed by atoms with Crippen molar-refractivity contribution in [1.29, 1.82) is 0 Å². The predicted molar refractivity (Wildman–Crippen MR) is 10.7 cm³/mol. The van der Waals surface area contributed by atoms with Crippen LogP contribution < -0.4 is 29.6 Å². The first-order valence-corrected chi connectivity index (χ1v) is 0.865. The normalized spacial score (nSPS) is 7.71. The average Bonchev–Trinajstić information content (AvgIpc) is 1.61. The van der Waals surface area contributed by atoms with E-state index in [1.54, 1.807) is 0 Å². The zero-order chi connectivity index (χ0) is 4.83. The van der Waals surface area contributed by atoms with Gasteiger partial charge in [-0.2, -0.15) is 0 Å². The first-order chi connectivity index (χ1) is 2.91. The largest absolute Gasteiger partial charge is 1.00 e. The predicted octanol–water partition coefficient (Wildman–Crippen LogP) is -3.14. The number of rotatable bonds is 3. The van der Waals surface area contributed by atoms with Gasteiger partial charge in [-0.15, -0.1) is 0 Å². The van der Waals surface area contributed by atoms with Crippen molar-refractivity contribution in [3.8, 4) is 0 Å². The molecular weight excluding hydrogens is 119 g/mol. The van der Waals surface area contributed by atoms with Crippen molar-refractivity contribution < 1.29 is 61.7 Å². The molecule has 0 aliphatic carbocycles. The number of hydrogen-bond acceptors (Lipinski definition) is 6. The third-order valence-electron chi connectivity index (χ3n) is 0.0886. The Labute approximate surface area is 62.0 Å². The van der Waals surface area contributed by atoms with Crippen molar-refractivity contribution in [2.24, 2.45) is 0 Å². The SMILES string of the molecule is OOOOOO.[H-].[Na+]. The molecule has 0 radical (unpaired) electrons. The van der Waals surface area contributed by atoms with E-state index in [9.17, 15) is 0 Å². The van der Waals surface area contributed by atoms with E-state index in [1.807, 2.05) is 0 Å². The molecule has 0 fully saturated rings. The van der Waals surface area contributed by atoms with Crippen LogP contribution in [-0.2, 0) is 20.2 Å². The molecule has 0 aromatic rings. The summed E-state index contributed by atoms with van der Waals surface area (Å²) in [4.78, 5) is 0. The van der Waals surface area contributed by atoms with Crippen LogP contribution in [-0.4, -0.2) is 10.5 Å². The fraction of sp³-hybridized carbons (Fsp3) is 0. The minimum absolute atomic E-state index is 0. The summed E-state index contributed by atoms with van der Waals surface area (Å²) < 4.78 is 0. The second-order valence-electron chi connectivity index (χ2n) is 0.285. The van der Waals surface area contributed by atoms with E-state index in [-0.39, 0.29) is 31.0 Å². The molecule has 7 heavy (non-hydrogen) atoms. The zero-order valence-corrected chi connectivity index (χ0v) is 5.53. The van der Waals surface area contributed by atoms with Gasteiger partial charge in [-0.25, -0.2) is 10.5 Å². The summed E-state index contributed by atoms with van der Waals surface area (Å²) in [5, 5.41) is 26.0. The van der Waals surface area contributed by atoms with Gasteiger partial charge in [-0.05, 0) is 20.2 Å². The molecule has 0 spiro atoms. The van der Waals surface area contributed by atoms with Crippen LogP contribution in [0.25, 0.3) is 0 Å². The van der Waals surface area contributed by atoms with Crippen molar-refractivity contribution in [1.82, 2.24) is 0 Å². The van der Waals surface area contributed by atoms with Gasteiger partial charge in [0.25, 0.3) is 0 Å². The molecule has 0 unspecified atom stereocenters. The minimum atomic E-state index is 0. The van der Waals surface area contributed by atoms with Crippen LogP contribution in [0.1, 0.15) is 1.43 Å². The molecule has 6 nitrogen and oxygen atoms in total. The van der Waals surface area contributed by atoms with Gasteiger partial charge in [0.05, 0.1) is 0 Å². The van der Waals surface area contributed by atoms with E-state index < -0.39 is 0 Å². The van der Waals surface area contributed by atoms with Crippen LogP contribution in [0.2, 0.25) is 0 Å². The third-order valence-corrected chi connectivity index (χ3v) is 0.0886. The van der Waals surface area contributed by atoms with Crippen molar-refractivity contribution in [3.63, 3.8) is 0 Å². The van der Waals surface area contributed by atoms with E-state index >= 15 is 0 Å². The molecule has 7 heteroatoms. The Hall–Kier alpha value is 0.760. The maximum Gasteiger partial charge on any atom is 1.00 e. The Morgan fingerprint density at radius 3 is 1.43 bits per heavy atom. The molecule has 0 amide bonds. The van der Waals surface area contributed by atoms with Crippen LogP contribution in [0.4, 0.5) is 0 Å². The van der Waals surface area contributed by atoms with Gasteiger partial charge in [-0.1, -0.05) is 0 Å². The minimum Gasteiger partial charge on any atom is -1.00 e. The molecule has 40 valence electrons. The second-order valence-corrected chi connectivity index (χ2v) is 0.285. The first kappa shape index (κ1) is 10.7. The molecule has 0 aromatic carbocycles. The monoisotopic (exact) mass is 122 g/mol. The van der Waals surface area contributed by atoms with Crippen LogP contribution in [0.3, 0.4) is 0 Å². The van der Waals surface area contributed by atoms with Crippen LogP contribution in [0.5, 0.6) is 0 Å². The Balaban J connectivity index is -0.000000125. The van der Waals surface area contributed by atoms with E-state index in [1.165, 1.54) is 0 Å². The topological polar surface area (TPSA) is 77.4 Å². The average molecular weight is 122 g/mol. The van der Waals surface area contributed by atoms with Crippen molar-refractivity contribution in [2.75, 3.05) is 0 Å². The van der Waals surface area contributed by atoms with Gasteiger partial charge >= 0.3 is 29.6 Å². The molecule has 0 bridgehead atoms. The summed E-state index contributed by atoms with van der Waals surface area (Å²) in [6.07, 6.45) is 0. The summed E-state index contributed by atoms with van der Waals surface area (Å²) in [6.45, 7) is 0. The van der Waals surface area contributed by atoms with Crippen molar-refractivity contribution >= 4 is 0 Å². The smallest absolute Gasteiger partial charge is 1.00 e. The maximum atomic E-state index is 7.16. The third kappa shape index (κ3) is 10.8. The molecule has 0 heterocycles. The first-order valence-electron chi connectivity index (χ1n) is 0.865. The van der Waals surface area contributed by atoms with Crippen LogP contribution in [0.15, 0.2) is 0 Å². The molecule has 0 aromatic heterocycles.